The van der Waals surface area contributed by atoms with Gasteiger partial charge in [-0.2, -0.15) is 10.5 Å². The predicted molar refractivity (Wildman–Crippen MR) is 86.7 cm³/mol. The molecule has 0 saturated heterocycles. The third kappa shape index (κ3) is 2.37. The van der Waals surface area contributed by atoms with Crippen LogP contribution in [0.15, 0.2) is 62.1 Å². The summed E-state index contributed by atoms with van der Waals surface area (Å²) in [5.74, 6) is 0.796. The molecule has 0 fully saturated rings. The molecule has 2 aliphatic rings. The number of amidine groups is 1. The molecular weight excluding hydrogens is 352 g/mol. The maximum Gasteiger partial charge on any atom is 0.206 e. The van der Waals surface area contributed by atoms with E-state index in [4.69, 9.17) is 4.42 Å². The Bertz CT molecular complexity index is 711. The number of halogens is 1. The van der Waals surface area contributed by atoms with Crippen LogP contribution < -0.4 is 10.9 Å². The molecule has 0 bridgehead atoms. The second-order valence-corrected chi connectivity index (χ2v) is 6.32. The fourth-order valence-electron chi connectivity index (χ4n) is 2.20. The van der Waals surface area contributed by atoms with Crippen molar-refractivity contribution in [1.82, 2.24) is 15.9 Å². The molecule has 5 nitrogen and oxygen atoms in total. The average molecular weight is 363 g/mol. The molecule has 4 rings (SSSR count). The molecule has 0 saturated carbocycles. The van der Waals surface area contributed by atoms with E-state index in [-0.39, 0.29) is 6.17 Å². The van der Waals surface area contributed by atoms with Gasteiger partial charge in [-0.1, -0.05) is 39.8 Å². The molecule has 21 heavy (non-hydrogen) atoms. The van der Waals surface area contributed by atoms with Gasteiger partial charge in [-0.3, -0.25) is 5.43 Å². The first-order chi connectivity index (χ1) is 10.3. The summed E-state index contributed by atoms with van der Waals surface area (Å²) in [7, 11) is 0. The second kappa shape index (κ2) is 5.25. The van der Waals surface area contributed by atoms with Crippen molar-refractivity contribution >= 4 is 38.6 Å². The van der Waals surface area contributed by atoms with Crippen molar-refractivity contribution < 1.29 is 4.42 Å². The number of benzene rings is 1. The highest BCUT2D eigenvalue weighted by Gasteiger charge is 2.31. The summed E-state index contributed by atoms with van der Waals surface area (Å²) >= 11 is 5.04. The number of furan rings is 1. The number of fused-ring (bicyclic) bond motifs is 1. The van der Waals surface area contributed by atoms with Gasteiger partial charge < -0.3 is 4.42 Å². The zero-order valence-electron chi connectivity index (χ0n) is 10.8. The Morgan fingerprint density at radius 2 is 2.10 bits per heavy atom. The quantitative estimate of drug-likeness (QED) is 0.856. The van der Waals surface area contributed by atoms with Gasteiger partial charge in [-0.15, -0.1) is 0 Å². The summed E-state index contributed by atoms with van der Waals surface area (Å²) in [6.45, 7) is 0. The first kappa shape index (κ1) is 13.0. The molecule has 1 aromatic carbocycles. The van der Waals surface area contributed by atoms with Gasteiger partial charge in [0.25, 0.3) is 0 Å². The zero-order valence-corrected chi connectivity index (χ0v) is 13.2. The Morgan fingerprint density at radius 3 is 2.86 bits per heavy atom. The largest absolute Gasteiger partial charge is 0.466 e. The second-order valence-electron chi connectivity index (χ2n) is 4.56. The van der Waals surface area contributed by atoms with Crippen LogP contribution in [-0.4, -0.2) is 10.2 Å². The summed E-state index contributed by atoms with van der Waals surface area (Å²) in [6.07, 6.45) is 1.48. The van der Waals surface area contributed by atoms with E-state index >= 15 is 0 Å². The molecule has 0 spiro atoms. The minimum Gasteiger partial charge on any atom is -0.466 e. The van der Waals surface area contributed by atoms with Crippen molar-refractivity contribution in [3.63, 3.8) is 0 Å². The van der Waals surface area contributed by atoms with Gasteiger partial charge in [-0.25, -0.2) is 5.01 Å². The van der Waals surface area contributed by atoms with Crippen LogP contribution in [0.1, 0.15) is 17.5 Å². The number of hydrogen-bond donors (Lipinski definition) is 2. The summed E-state index contributed by atoms with van der Waals surface area (Å²) in [4.78, 5) is 0. The fourth-order valence-corrected chi connectivity index (χ4v) is 3.28. The van der Waals surface area contributed by atoms with E-state index in [0.717, 1.165) is 26.7 Å². The topological polar surface area (TPSA) is 52.8 Å². The number of rotatable bonds is 2. The van der Waals surface area contributed by atoms with Crippen molar-refractivity contribution in [2.45, 2.75) is 6.17 Å². The monoisotopic (exact) mass is 362 g/mol. The number of nitrogens with one attached hydrogen (secondary N) is 2. The van der Waals surface area contributed by atoms with Crippen LogP contribution in [0.4, 0.5) is 0 Å². The van der Waals surface area contributed by atoms with Gasteiger partial charge >= 0.3 is 0 Å². The van der Waals surface area contributed by atoms with Crippen LogP contribution in [0, 0.1) is 0 Å². The van der Waals surface area contributed by atoms with Crippen LogP contribution >= 0.6 is 27.7 Å². The lowest BCUT2D eigenvalue weighted by Crippen LogP contribution is -2.49. The highest BCUT2D eigenvalue weighted by atomic mass is 79.9. The molecule has 1 atom stereocenters. The number of hydrazine groups is 1. The van der Waals surface area contributed by atoms with Gasteiger partial charge in [0.1, 0.15) is 5.76 Å². The molecule has 2 aromatic rings. The molecular formula is C14H11BrN4OS. The molecule has 2 aliphatic heterocycles. The van der Waals surface area contributed by atoms with Gasteiger partial charge in [0.05, 0.1) is 12.0 Å². The number of nitrogens with zero attached hydrogens (tertiary/aromatic N) is 2. The maximum atomic E-state index is 5.42. The van der Waals surface area contributed by atoms with Crippen LogP contribution in [0.25, 0.3) is 5.70 Å². The van der Waals surface area contributed by atoms with E-state index in [1.54, 1.807) is 18.0 Å². The SMILES string of the molecule is Brc1ccc(C2=CSC3=NNC(c4ccco4)NN23)cc1. The summed E-state index contributed by atoms with van der Waals surface area (Å²) < 4.78 is 6.49. The van der Waals surface area contributed by atoms with Crippen molar-refractivity contribution in [3.05, 3.63) is 63.9 Å². The number of hydrogen-bond acceptors (Lipinski definition) is 6. The van der Waals surface area contributed by atoms with E-state index in [1.807, 2.05) is 29.3 Å². The molecule has 0 aliphatic carbocycles. The lowest BCUT2D eigenvalue weighted by atomic mass is 10.2. The fraction of sp³-hybridized carbons (Fsp3) is 0.0714. The van der Waals surface area contributed by atoms with Crippen LogP contribution in [0.2, 0.25) is 0 Å². The molecule has 7 heteroatoms. The van der Waals surface area contributed by atoms with Gasteiger partial charge in [0.2, 0.25) is 5.17 Å². The van der Waals surface area contributed by atoms with Crippen molar-refractivity contribution in [2.24, 2.45) is 5.10 Å². The van der Waals surface area contributed by atoms with Crippen molar-refractivity contribution in [3.8, 4) is 0 Å². The smallest absolute Gasteiger partial charge is 0.206 e. The highest BCUT2D eigenvalue weighted by Crippen LogP contribution is 2.34. The van der Waals surface area contributed by atoms with Gasteiger partial charge in [-0.05, 0) is 24.3 Å². The number of thioether (sulfide) groups is 1. The standard InChI is InChI=1S/C14H11BrN4OS/c15-10-5-3-9(4-6-10)11-8-21-14-17-16-13(18-19(11)14)12-2-1-7-20-12/h1-8,13,16,18H. The molecule has 0 radical (unpaired) electrons. The Balaban J connectivity index is 1.62. The first-order valence-electron chi connectivity index (χ1n) is 6.37. The van der Waals surface area contributed by atoms with Crippen molar-refractivity contribution in [1.29, 1.82) is 0 Å². The van der Waals surface area contributed by atoms with Crippen LogP contribution in [0.5, 0.6) is 0 Å². The van der Waals surface area contributed by atoms with Gasteiger partial charge in [0, 0.05) is 15.4 Å². The summed E-state index contributed by atoms with van der Waals surface area (Å²) in [5, 5.41) is 9.33. The maximum absolute atomic E-state index is 5.42. The molecule has 2 N–H and O–H groups in total. The van der Waals surface area contributed by atoms with Crippen LogP contribution in [-0.2, 0) is 0 Å². The van der Waals surface area contributed by atoms with Crippen LogP contribution in [0.3, 0.4) is 0 Å². The third-order valence-corrected chi connectivity index (χ3v) is 4.58. The molecule has 0 amide bonds. The van der Waals surface area contributed by atoms with E-state index in [9.17, 15) is 0 Å². The third-order valence-electron chi connectivity index (χ3n) is 3.22. The minimum absolute atomic E-state index is 0.179. The first-order valence-corrected chi connectivity index (χ1v) is 8.04. The normalized spacial score (nSPS) is 20.6. The Kier molecular flexibility index (Phi) is 3.25. The molecule has 1 aromatic heterocycles. The van der Waals surface area contributed by atoms with E-state index in [1.165, 1.54) is 0 Å². The number of hydrazone groups is 1. The van der Waals surface area contributed by atoms with E-state index in [0.29, 0.717) is 0 Å². The molecule has 3 heterocycles. The van der Waals surface area contributed by atoms with E-state index < -0.39 is 0 Å². The van der Waals surface area contributed by atoms with Gasteiger partial charge in [0.15, 0.2) is 6.17 Å². The summed E-state index contributed by atoms with van der Waals surface area (Å²) in [6, 6.07) is 12.0. The lowest BCUT2D eigenvalue weighted by Gasteiger charge is -2.31. The minimum atomic E-state index is -0.179. The van der Waals surface area contributed by atoms with E-state index in [2.05, 4.69) is 49.4 Å². The molecule has 1 unspecified atom stereocenters. The Hall–Kier alpha value is -1.70. The lowest BCUT2D eigenvalue weighted by molar-refractivity contribution is 0.256. The Morgan fingerprint density at radius 1 is 1.24 bits per heavy atom. The zero-order chi connectivity index (χ0) is 14.2. The summed E-state index contributed by atoms with van der Waals surface area (Å²) in [5.41, 5.74) is 8.63. The molecule has 106 valence electrons. The predicted octanol–water partition coefficient (Wildman–Crippen LogP) is 3.47. The van der Waals surface area contributed by atoms with Crippen molar-refractivity contribution in [2.75, 3.05) is 0 Å². The Labute approximate surface area is 134 Å². The highest BCUT2D eigenvalue weighted by molar-refractivity contribution is 9.10. The average Bonchev–Trinajstić information content (AvgIpc) is 3.17.